The zero-order valence-corrected chi connectivity index (χ0v) is 13.9. The van der Waals surface area contributed by atoms with Crippen LogP contribution in [0.5, 0.6) is 5.75 Å². The van der Waals surface area contributed by atoms with E-state index < -0.39 is 5.54 Å². The number of hydrogen-bond acceptors (Lipinski definition) is 4. The lowest BCUT2D eigenvalue weighted by molar-refractivity contribution is -0.130. The fourth-order valence-electron chi connectivity index (χ4n) is 2.27. The van der Waals surface area contributed by atoms with Gasteiger partial charge in [-0.05, 0) is 38.8 Å². The van der Waals surface area contributed by atoms with E-state index in [1.807, 2.05) is 38.1 Å². The minimum atomic E-state index is -0.804. The Hall–Kier alpha value is -1.30. The quantitative estimate of drug-likeness (QED) is 0.864. The van der Waals surface area contributed by atoms with E-state index in [-0.39, 0.29) is 24.4 Å². The molecule has 1 amide bonds. The summed E-state index contributed by atoms with van der Waals surface area (Å²) in [6.07, 6.45) is 1.01. The van der Waals surface area contributed by atoms with Crippen LogP contribution in [-0.2, 0) is 9.53 Å². The number of halogens is 1. The normalized spacial score (nSPS) is 18.0. The molecule has 1 aliphatic heterocycles. The maximum Gasteiger partial charge on any atom is 0.240 e. The van der Waals surface area contributed by atoms with Gasteiger partial charge in [-0.15, -0.1) is 12.4 Å². The van der Waals surface area contributed by atoms with Crippen LogP contribution < -0.4 is 15.8 Å². The Morgan fingerprint density at radius 3 is 2.55 bits per heavy atom. The maximum atomic E-state index is 12.2. The van der Waals surface area contributed by atoms with Crippen LogP contribution in [0.3, 0.4) is 0 Å². The summed E-state index contributed by atoms with van der Waals surface area (Å²) in [7, 11) is 0. The SMILES string of the molecule is Cc1ccc(OC(C)CNC(=O)C2(N)CCOCC2)cc1.Cl. The number of carbonyl (C=O) groups excluding carboxylic acids is 1. The molecular formula is C16H25ClN2O3. The lowest BCUT2D eigenvalue weighted by Gasteiger charge is -2.32. The minimum Gasteiger partial charge on any atom is -0.489 e. The topological polar surface area (TPSA) is 73.6 Å². The summed E-state index contributed by atoms with van der Waals surface area (Å²) in [5.41, 5.74) is 6.51. The van der Waals surface area contributed by atoms with Gasteiger partial charge in [0.05, 0.1) is 12.1 Å². The zero-order chi connectivity index (χ0) is 15.3. The second-order valence-corrected chi connectivity index (χ2v) is 5.72. The molecule has 1 saturated heterocycles. The van der Waals surface area contributed by atoms with Gasteiger partial charge >= 0.3 is 0 Å². The summed E-state index contributed by atoms with van der Waals surface area (Å²) in [6, 6.07) is 7.85. The van der Waals surface area contributed by atoms with Crippen LogP contribution in [0.2, 0.25) is 0 Å². The Morgan fingerprint density at radius 1 is 1.36 bits per heavy atom. The molecule has 22 heavy (non-hydrogen) atoms. The van der Waals surface area contributed by atoms with Crippen LogP contribution in [0, 0.1) is 6.92 Å². The predicted octanol–water partition coefficient (Wildman–Crippen LogP) is 1.81. The summed E-state index contributed by atoms with van der Waals surface area (Å²) in [6.45, 7) is 5.47. The van der Waals surface area contributed by atoms with Crippen molar-refractivity contribution in [3.05, 3.63) is 29.8 Å². The highest BCUT2D eigenvalue weighted by Crippen LogP contribution is 2.18. The first-order chi connectivity index (χ1) is 9.99. The van der Waals surface area contributed by atoms with E-state index in [0.717, 1.165) is 5.75 Å². The number of hydrogen-bond donors (Lipinski definition) is 2. The summed E-state index contributed by atoms with van der Waals surface area (Å²) >= 11 is 0. The molecule has 5 nitrogen and oxygen atoms in total. The maximum absolute atomic E-state index is 12.2. The highest BCUT2D eigenvalue weighted by Gasteiger charge is 2.35. The molecule has 1 unspecified atom stereocenters. The van der Waals surface area contributed by atoms with Crippen molar-refractivity contribution in [3.8, 4) is 5.75 Å². The van der Waals surface area contributed by atoms with Crippen LogP contribution in [0.25, 0.3) is 0 Å². The van der Waals surface area contributed by atoms with Crippen LogP contribution in [0.15, 0.2) is 24.3 Å². The molecule has 124 valence electrons. The molecule has 1 aromatic carbocycles. The van der Waals surface area contributed by atoms with Crippen molar-refractivity contribution >= 4 is 18.3 Å². The number of nitrogens with two attached hydrogens (primary N) is 1. The van der Waals surface area contributed by atoms with E-state index in [0.29, 0.717) is 32.6 Å². The third-order valence-corrected chi connectivity index (χ3v) is 3.75. The van der Waals surface area contributed by atoms with Crippen molar-refractivity contribution in [3.63, 3.8) is 0 Å². The van der Waals surface area contributed by atoms with Crippen molar-refractivity contribution < 1.29 is 14.3 Å². The second-order valence-electron chi connectivity index (χ2n) is 5.72. The molecule has 0 radical (unpaired) electrons. The largest absolute Gasteiger partial charge is 0.489 e. The Bertz CT molecular complexity index is 473. The highest BCUT2D eigenvalue weighted by molar-refractivity contribution is 5.86. The Kier molecular flexibility index (Phi) is 7.13. The molecule has 0 spiro atoms. The van der Waals surface area contributed by atoms with Gasteiger partial charge < -0.3 is 20.5 Å². The summed E-state index contributed by atoms with van der Waals surface area (Å²) in [4.78, 5) is 12.2. The number of nitrogens with one attached hydrogen (secondary N) is 1. The second kappa shape index (κ2) is 8.36. The van der Waals surface area contributed by atoms with Crippen molar-refractivity contribution in [2.75, 3.05) is 19.8 Å². The zero-order valence-electron chi connectivity index (χ0n) is 13.1. The van der Waals surface area contributed by atoms with E-state index in [9.17, 15) is 4.79 Å². The Morgan fingerprint density at radius 2 is 1.95 bits per heavy atom. The number of amides is 1. The lowest BCUT2D eigenvalue weighted by atomic mass is 9.90. The van der Waals surface area contributed by atoms with Gasteiger partial charge in [0.25, 0.3) is 0 Å². The van der Waals surface area contributed by atoms with Gasteiger partial charge in [-0.2, -0.15) is 0 Å². The fourth-order valence-corrected chi connectivity index (χ4v) is 2.27. The number of rotatable bonds is 5. The molecule has 6 heteroatoms. The van der Waals surface area contributed by atoms with Gasteiger partial charge in [-0.3, -0.25) is 4.79 Å². The molecule has 0 aliphatic carbocycles. The van der Waals surface area contributed by atoms with Crippen LogP contribution >= 0.6 is 12.4 Å². The summed E-state index contributed by atoms with van der Waals surface area (Å²) in [5.74, 6) is 0.682. The molecule has 1 aromatic rings. The molecule has 3 N–H and O–H groups in total. The van der Waals surface area contributed by atoms with Crippen molar-refractivity contribution in [1.82, 2.24) is 5.32 Å². The average Bonchev–Trinajstić information content (AvgIpc) is 2.48. The third kappa shape index (κ3) is 5.16. The minimum absolute atomic E-state index is 0. The molecule has 1 aliphatic rings. The van der Waals surface area contributed by atoms with Crippen molar-refractivity contribution in [2.24, 2.45) is 5.73 Å². The summed E-state index contributed by atoms with van der Waals surface area (Å²) in [5, 5.41) is 2.88. The molecule has 0 aromatic heterocycles. The molecule has 2 rings (SSSR count). The molecule has 0 bridgehead atoms. The van der Waals surface area contributed by atoms with E-state index in [2.05, 4.69) is 5.32 Å². The first kappa shape index (κ1) is 18.7. The predicted molar refractivity (Wildman–Crippen MR) is 88.5 cm³/mol. The van der Waals surface area contributed by atoms with Crippen LogP contribution in [0.4, 0.5) is 0 Å². The van der Waals surface area contributed by atoms with Gasteiger partial charge in [-0.25, -0.2) is 0 Å². The van der Waals surface area contributed by atoms with Crippen LogP contribution in [-0.4, -0.2) is 37.3 Å². The number of benzene rings is 1. The summed E-state index contributed by atoms with van der Waals surface area (Å²) < 4.78 is 11.0. The number of carbonyl (C=O) groups is 1. The molecule has 0 saturated carbocycles. The smallest absolute Gasteiger partial charge is 0.240 e. The first-order valence-corrected chi connectivity index (χ1v) is 7.38. The Labute approximate surface area is 138 Å². The first-order valence-electron chi connectivity index (χ1n) is 7.38. The van der Waals surface area contributed by atoms with E-state index in [1.54, 1.807) is 0 Å². The fraction of sp³-hybridized carbons (Fsp3) is 0.562. The average molecular weight is 329 g/mol. The van der Waals surface area contributed by atoms with Gasteiger partial charge in [0.15, 0.2) is 0 Å². The molecule has 1 atom stereocenters. The van der Waals surface area contributed by atoms with Crippen LogP contribution in [0.1, 0.15) is 25.3 Å². The van der Waals surface area contributed by atoms with Gasteiger partial charge in [0.2, 0.25) is 5.91 Å². The van der Waals surface area contributed by atoms with Gasteiger partial charge in [0.1, 0.15) is 11.9 Å². The van der Waals surface area contributed by atoms with Crippen molar-refractivity contribution in [2.45, 2.75) is 38.3 Å². The molecular weight excluding hydrogens is 304 g/mol. The van der Waals surface area contributed by atoms with E-state index in [4.69, 9.17) is 15.2 Å². The van der Waals surface area contributed by atoms with Crippen molar-refractivity contribution in [1.29, 1.82) is 0 Å². The number of aryl methyl sites for hydroxylation is 1. The number of ether oxygens (including phenoxy) is 2. The molecule has 1 heterocycles. The lowest BCUT2D eigenvalue weighted by Crippen LogP contribution is -2.57. The monoisotopic (exact) mass is 328 g/mol. The Balaban J connectivity index is 0.00000242. The highest BCUT2D eigenvalue weighted by atomic mass is 35.5. The van der Waals surface area contributed by atoms with E-state index >= 15 is 0 Å². The van der Waals surface area contributed by atoms with Gasteiger partial charge in [0, 0.05) is 13.2 Å². The standard InChI is InChI=1S/C16H24N2O3.ClH/c1-12-3-5-14(6-4-12)21-13(2)11-18-15(19)16(17)7-9-20-10-8-16;/h3-6,13H,7-11,17H2,1-2H3,(H,18,19);1H. The van der Waals surface area contributed by atoms with Gasteiger partial charge in [-0.1, -0.05) is 17.7 Å². The van der Waals surface area contributed by atoms with E-state index in [1.165, 1.54) is 5.56 Å². The third-order valence-electron chi connectivity index (χ3n) is 3.75. The molecule has 1 fully saturated rings.